The Morgan fingerprint density at radius 1 is 1.14 bits per heavy atom. The predicted octanol–water partition coefficient (Wildman–Crippen LogP) is 4.14. The summed E-state index contributed by atoms with van der Waals surface area (Å²) in [5.41, 5.74) is 5.33. The lowest BCUT2D eigenvalue weighted by Gasteiger charge is -2.22. The second kappa shape index (κ2) is 6.65. The average Bonchev–Trinajstić information content (AvgIpc) is 3.00. The van der Waals surface area contributed by atoms with Gasteiger partial charge in [0, 0.05) is 4.90 Å². The Morgan fingerprint density at radius 2 is 1.95 bits per heavy atom. The van der Waals surface area contributed by atoms with Crippen molar-refractivity contribution in [3.8, 4) is 0 Å². The molecule has 1 unspecified atom stereocenters. The molecule has 1 heterocycles. The summed E-state index contributed by atoms with van der Waals surface area (Å²) in [6.07, 6.45) is 2.14. The van der Waals surface area contributed by atoms with Gasteiger partial charge in [0.05, 0.1) is 19.3 Å². The van der Waals surface area contributed by atoms with E-state index in [-0.39, 0.29) is 6.04 Å². The molecule has 21 heavy (non-hydrogen) atoms. The minimum atomic E-state index is 0.240. The fourth-order valence-electron chi connectivity index (χ4n) is 2.89. The van der Waals surface area contributed by atoms with Gasteiger partial charge in [-0.2, -0.15) is 0 Å². The summed E-state index contributed by atoms with van der Waals surface area (Å²) < 4.78 is 5.54. The molecule has 0 saturated heterocycles. The van der Waals surface area contributed by atoms with E-state index in [1.807, 2.05) is 0 Å². The van der Waals surface area contributed by atoms with Gasteiger partial charge < -0.3 is 10.1 Å². The number of ether oxygens (including phenoxy) is 1. The fourth-order valence-corrected chi connectivity index (χ4v) is 3.52. The highest BCUT2D eigenvalue weighted by molar-refractivity contribution is 7.98. The van der Waals surface area contributed by atoms with E-state index in [2.05, 4.69) is 61.0 Å². The number of rotatable bonds is 5. The molecule has 3 rings (SSSR count). The van der Waals surface area contributed by atoms with Crippen LogP contribution in [-0.4, -0.2) is 12.8 Å². The van der Waals surface area contributed by atoms with Crippen LogP contribution in [0.1, 0.15) is 35.2 Å². The van der Waals surface area contributed by atoms with Crippen LogP contribution in [0.5, 0.6) is 0 Å². The molecule has 2 aromatic rings. The Balaban J connectivity index is 2.01. The largest absolute Gasteiger partial charge is 0.372 e. The van der Waals surface area contributed by atoms with E-state index >= 15 is 0 Å². The topological polar surface area (TPSA) is 21.3 Å². The number of benzene rings is 2. The molecule has 0 saturated carbocycles. The zero-order valence-electron chi connectivity index (χ0n) is 12.6. The summed E-state index contributed by atoms with van der Waals surface area (Å²) in [4.78, 5) is 1.33. The van der Waals surface area contributed by atoms with Gasteiger partial charge >= 0.3 is 0 Å². The van der Waals surface area contributed by atoms with Crippen LogP contribution in [0.15, 0.2) is 47.4 Å². The second-order valence-electron chi connectivity index (χ2n) is 5.25. The van der Waals surface area contributed by atoms with Crippen LogP contribution >= 0.6 is 11.8 Å². The standard InChI is InChI=1S/C18H21NOS/c1-3-19-18(16-6-4-5-7-17(16)21-2)13-8-9-14-11-20-12-15(14)10-13/h4-10,18-19H,3,11-12H2,1-2H3. The summed E-state index contributed by atoms with van der Waals surface area (Å²) in [6, 6.07) is 15.6. The molecule has 2 aromatic carbocycles. The van der Waals surface area contributed by atoms with Crippen LogP contribution < -0.4 is 5.32 Å². The van der Waals surface area contributed by atoms with E-state index < -0.39 is 0 Å². The van der Waals surface area contributed by atoms with Crippen molar-refractivity contribution < 1.29 is 4.74 Å². The molecule has 3 heteroatoms. The van der Waals surface area contributed by atoms with Crippen molar-refractivity contribution in [3.63, 3.8) is 0 Å². The molecule has 0 aliphatic carbocycles. The van der Waals surface area contributed by atoms with E-state index in [0.29, 0.717) is 0 Å². The van der Waals surface area contributed by atoms with Crippen LogP contribution in [0.2, 0.25) is 0 Å². The minimum Gasteiger partial charge on any atom is -0.372 e. The average molecular weight is 299 g/mol. The molecule has 0 amide bonds. The van der Waals surface area contributed by atoms with Crippen LogP contribution in [0.25, 0.3) is 0 Å². The monoisotopic (exact) mass is 299 g/mol. The Morgan fingerprint density at radius 3 is 2.76 bits per heavy atom. The number of fused-ring (bicyclic) bond motifs is 1. The number of hydrogen-bond donors (Lipinski definition) is 1. The molecule has 1 aliphatic rings. The molecular weight excluding hydrogens is 278 g/mol. The van der Waals surface area contributed by atoms with Gasteiger partial charge in [-0.25, -0.2) is 0 Å². The van der Waals surface area contributed by atoms with Crippen LogP contribution in [-0.2, 0) is 18.0 Å². The van der Waals surface area contributed by atoms with E-state index in [0.717, 1.165) is 19.8 Å². The summed E-state index contributed by atoms with van der Waals surface area (Å²) >= 11 is 1.81. The Hall–Kier alpha value is -1.29. The maximum Gasteiger partial charge on any atom is 0.0725 e. The molecule has 1 N–H and O–H groups in total. The van der Waals surface area contributed by atoms with E-state index in [4.69, 9.17) is 4.74 Å². The lowest BCUT2D eigenvalue weighted by atomic mass is 9.95. The van der Waals surface area contributed by atoms with Crippen LogP contribution in [0, 0.1) is 0 Å². The summed E-state index contributed by atoms with van der Waals surface area (Å²) in [5.74, 6) is 0. The van der Waals surface area contributed by atoms with E-state index in [9.17, 15) is 0 Å². The third-order valence-corrected chi connectivity index (χ3v) is 4.75. The van der Waals surface area contributed by atoms with Gasteiger partial charge in [-0.3, -0.25) is 0 Å². The highest BCUT2D eigenvalue weighted by Gasteiger charge is 2.19. The third-order valence-electron chi connectivity index (χ3n) is 3.94. The van der Waals surface area contributed by atoms with Crippen LogP contribution in [0.4, 0.5) is 0 Å². The molecule has 0 aromatic heterocycles. The highest BCUT2D eigenvalue weighted by atomic mass is 32.2. The normalized spacial score (nSPS) is 15.0. The van der Waals surface area contributed by atoms with Gasteiger partial charge in [0.25, 0.3) is 0 Å². The summed E-state index contributed by atoms with van der Waals surface area (Å²) in [5, 5.41) is 3.63. The third kappa shape index (κ3) is 3.00. The molecule has 0 radical (unpaired) electrons. The van der Waals surface area contributed by atoms with Crippen molar-refractivity contribution in [1.29, 1.82) is 0 Å². The smallest absolute Gasteiger partial charge is 0.0725 e. The SMILES string of the molecule is CCNC(c1ccc2c(c1)COC2)c1ccccc1SC. The Bertz CT molecular complexity index is 626. The van der Waals surface area contributed by atoms with Crippen molar-refractivity contribution in [2.75, 3.05) is 12.8 Å². The molecule has 2 nitrogen and oxygen atoms in total. The van der Waals surface area contributed by atoms with Crippen molar-refractivity contribution >= 4 is 11.8 Å². The number of thioether (sulfide) groups is 1. The second-order valence-corrected chi connectivity index (χ2v) is 6.10. The maximum absolute atomic E-state index is 5.54. The molecule has 0 fully saturated rings. The fraction of sp³-hybridized carbons (Fsp3) is 0.333. The zero-order valence-corrected chi connectivity index (χ0v) is 13.4. The molecule has 0 spiro atoms. The van der Waals surface area contributed by atoms with Gasteiger partial charge in [-0.05, 0) is 41.1 Å². The van der Waals surface area contributed by atoms with Crippen molar-refractivity contribution in [2.45, 2.75) is 31.1 Å². The minimum absolute atomic E-state index is 0.240. The van der Waals surface area contributed by atoms with Gasteiger partial charge in [0.2, 0.25) is 0 Å². The molecule has 110 valence electrons. The first-order valence-electron chi connectivity index (χ1n) is 7.39. The Kier molecular flexibility index (Phi) is 4.63. The first kappa shape index (κ1) is 14.6. The number of hydrogen-bond acceptors (Lipinski definition) is 3. The predicted molar refractivity (Wildman–Crippen MR) is 88.7 cm³/mol. The van der Waals surface area contributed by atoms with Gasteiger partial charge in [-0.1, -0.05) is 43.3 Å². The molecule has 0 bridgehead atoms. The highest BCUT2D eigenvalue weighted by Crippen LogP contribution is 2.32. The van der Waals surface area contributed by atoms with Gasteiger partial charge in [-0.15, -0.1) is 11.8 Å². The number of nitrogens with one attached hydrogen (secondary N) is 1. The van der Waals surface area contributed by atoms with E-state index in [1.165, 1.54) is 27.1 Å². The Labute approximate surface area is 130 Å². The molecule has 1 aliphatic heterocycles. The lowest BCUT2D eigenvalue weighted by Crippen LogP contribution is -2.22. The first-order valence-corrected chi connectivity index (χ1v) is 8.61. The molecular formula is C18H21NOS. The van der Waals surface area contributed by atoms with Crippen molar-refractivity contribution in [1.82, 2.24) is 5.32 Å². The maximum atomic E-state index is 5.54. The van der Waals surface area contributed by atoms with E-state index in [1.54, 1.807) is 11.8 Å². The zero-order chi connectivity index (χ0) is 14.7. The summed E-state index contributed by atoms with van der Waals surface area (Å²) in [6.45, 7) is 4.60. The molecule has 1 atom stereocenters. The van der Waals surface area contributed by atoms with Crippen LogP contribution in [0.3, 0.4) is 0 Å². The summed E-state index contributed by atoms with van der Waals surface area (Å²) in [7, 11) is 0. The van der Waals surface area contributed by atoms with Crippen molar-refractivity contribution in [3.05, 3.63) is 64.7 Å². The lowest BCUT2D eigenvalue weighted by molar-refractivity contribution is 0.134. The van der Waals surface area contributed by atoms with Gasteiger partial charge in [0.1, 0.15) is 0 Å². The van der Waals surface area contributed by atoms with Crippen molar-refractivity contribution in [2.24, 2.45) is 0 Å². The first-order chi connectivity index (χ1) is 10.3. The van der Waals surface area contributed by atoms with Gasteiger partial charge in [0.15, 0.2) is 0 Å². The quantitative estimate of drug-likeness (QED) is 0.839.